The van der Waals surface area contributed by atoms with Gasteiger partial charge in [-0.25, -0.2) is 13.1 Å². The van der Waals surface area contributed by atoms with Crippen molar-refractivity contribution in [2.24, 2.45) is 5.92 Å². The molecule has 2 fully saturated rings. The monoisotopic (exact) mass is 480 g/mol. The van der Waals surface area contributed by atoms with E-state index in [-0.39, 0.29) is 10.9 Å². The number of sulfonamides is 1. The minimum atomic E-state index is -3.56. The van der Waals surface area contributed by atoms with Gasteiger partial charge in [0.15, 0.2) is 0 Å². The Hall–Kier alpha value is -2.78. The molecule has 1 unspecified atom stereocenters. The Labute approximate surface area is 201 Å². The van der Waals surface area contributed by atoms with E-state index in [1.54, 1.807) is 16.9 Å². The summed E-state index contributed by atoms with van der Waals surface area (Å²) in [5.41, 5.74) is 3.06. The van der Waals surface area contributed by atoms with Crippen LogP contribution in [0.3, 0.4) is 0 Å². The fourth-order valence-electron chi connectivity index (χ4n) is 5.22. The zero-order chi connectivity index (χ0) is 23.5. The lowest BCUT2D eigenvalue weighted by Gasteiger charge is -2.22. The first-order valence-corrected chi connectivity index (χ1v) is 13.7. The fraction of sp³-hybridized carbons (Fsp3) is 0.480. The summed E-state index contributed by atoms with van der Waals surface area (Å²) in [5, 5.41) is 13.5. The lowest BCUT2D eigenvalue weighted by atomic mass is 9.84. The molecule has 2 aromatic carbocycles. The molecule has 0 spiro atoms. The summed E-state index contributed by atoms with van der Waals surface area (Å²) in [4.78, 5) is 4.27. The summed E-state index contributed by atoms with van der Waals surface area (Å²) in [5.74, 6) is 1.11. The van der Waals surface area contributed by atoms with Gasteiger partial charge in [-0.3, -0.25) is 0 Å². The van der Waals surface area contributed by atoms with Crippen LogP contribution in [0.15, 0.2) is 53.4 Å². The van der Waals surface area contributed by atoms with Crippen LogP contribution < -0.4 is 9.62 Å². The molecule has 2 heterocycles. The summed E-state index contributed by atoms with van der Waals surface area (Å²) in [6, 6.07) is 15.8. The van der Waals surface area contributed by atoms with Gasteiger partial charge in [0, 0.05) is 24.3 Å². The van der Waals surface area contributed by atoms with Gasteiger partial charge in [-0.1, -0.05) is 56.4 Å². The lowest BCUT2D eigenvalue weighted by molar-refractivity contribution is 0.357. The minimum absolute atomic E-state index is 0.132. The van der Waals surface area contributed by atoms with Crippen molar-refractivity contribution >= 4 is 15.7 Å². The average molecular weight is 481 g/mol. The molecule has 1 aliphatic carbocycles. The van der Waals surface area contributed by atoms with Crippen molar-refractivity contribution in [2.75, 3.05) is 25.0 Å². The van der Waals surface area contributed by atoms with Gasteiger partial charge in [-0.15, -0.1) is 10.2 Å². The van der Waals surface area contributed by atoms with Gasteiger partial charge in [0.2, 0.25) is 15.8 Å². The molecule has 5 rings (SSSR count). The molecular weight excluding hydrogens is 448 g/mol. The molecule has 0 radical (unpaired) electrons. The van der Waals surface area contributed by atoms with Crippen LogP contribution in [0.25, 0.3) is 11.4 Å². The van der Waals surface area contributed by atoms with Crippen molar-refractivity contribution in [3.05, 3.63) is 54.1 Å². The number of aromatic nitrogens is 4. The Morgan fingerprint density at radius 1 is 1.03 bits per heavy atom. The van der Waals surface area contributed by atoms with E-state index in [4.69, 9.17) is 5.10 Å². The maximum absolute atomic E-state index is 12.5. The number of hydrogen-bond donors (Lipinski definition) is 1. The van der Waals surface area contributed by atoms with Crippen LogP contribution in [0.4, 0.5) is 5.69 Å². The van der Waals surface area contributed by atoms with Crippen molar-refractivity contribution in [1.29, 1.82) is 0 Å². The maximum atomic E-state index is 12.5. The van der Waals surface area contributed by atoms with Crippen LogP contribution in [0.2, 0.25) is 0 Å². The summed E-state index contributed by atoms with van der Waals surface area (Å²) >= 11 is 0. The highest BCUT2D eigenvalue weighted by molar-refractivity contribution is 7.89. The van der Waals surface area contributed by atoms with E-state index in [0.717, 1.165) is 37.1 Å². The molecule has 1 aromatic heterocycles. The second-order valence-corrected chi connectivity index (χ2v) is 11.3. The number of para-hydroxylation sites is 1. The third-order valence-corrected chi connectivity index (χ3v) is 8.59. The second-order valence-electron chi connectivity index (χ2n) is 9.39. The molecule has 180 valence electrons. The number of benzene rings is 2. The normalized spacial score (nSPS) is 19.6. The number of anilines is 1. The van der Waals surface area contributed by atoms with Crippen LogP contribution >= 0.6 is 0 Å². The molecule has 1 N–H and O–H groups in total. The molecule has 3 aromatic rings. The number of rotatable bonds is 7. The van der Waals surface area contributed by atoms with E-state index in [9.17, 15) is 8.42 Å². The Bertz CT molecular complexity index is 1220. The molecule has 34 heavy (non-hydrogen) atoms. The van der Waals surface area contributed by atoms with Crippen LogP contribution in [-0.2, 0) is 16.4 Å². The van der Waals surface area contributed by atoms with Gasteiger partial charge >= 0.3 is 0 Å². The largest absolute Gasteiger partial charge is 0.369 e. The Balaban J connectivity index is 1.42. The Morgan fingerprint density at radius 2 is 1.82 bits per heavy atom. The van der Waals surface area contributed by atoms with Gasteiger partial charge in [0.25, 0.3) is 0 Å². The van der Waals surface area contributed by atoms with E-state index in [0.29, 0.717) is 11.7 Å². The Kier molecular flexibility index (Phi) is 6.65. The standard InChI is InChI=1S/C25H32N6O2S/c1-26-34(32,33)23-13-12-20(16-19-8-4-2-5-9-19)24(17-23)25-27-29-31(28-25)22-14-15-30(18-22)21-10-6-3-7-11-21/h3,6-7,10-13,17,19,22,26H,2,4-5,8-9,14-16,18H2,1H3. The van der Waals surface area contributed by atoms with E-state index in [1.807, 2.05) is 12.1 Å². The molecule has 1 saturated heterocycles. The predicted octanol–water partition coefficient (Wildman–Crippen LogP) is 3.82. The summed E-state index contributed by atoms with van der Waals surface area (Å²) in [6.07, 6.45) is 8.12. The molecule has 2 aliphatic rings. The fourth-order valence-corrected chi connectivity index (χ4v) is 5.98. The van der Waals surface area contributed by atoms with Gasteiger partial charge < -0.3 is 4.90 Å². The van der Waals surface area contributed by atoms with E-state index >= 15 is 0 Å². The summed E-state index contributed by atoms with van der Waals surface area (Å²) < 4.78 is 27.4. The first-order chi connectivity index (χ1) is 16.5. The number of nitrogens with one attached hydrogen (secondary N) is 1. The van der Waals surface area contributed by atoms with Crippen molar-refractivity contribution in [1.82, 2.24) is 24.9 Å². The van der Waals surface area contributed by atoms with E-state index in [2.05, 4.69) is 44.2 Å². The number of hydrogen-bond acceptors (Lipinski definition) is 6. The molecule has 0 amide bonds. The lowest BCUT2D eigenvalue weighted by Crippen LogP contribution is -2.21. The summed E-state index contributed by atoms with van der Waals surface area (Å²) in [6.45, 7) is 1.76. The maximum Gasteiger partial charge on any atom is 0.240 e. The van der Waals surface area contributed by atoms with E-state index in [1.165, 1.54) is 44.8 Å². The average Bonchev–Trinajstić information content (AvgIpc) is 3.56. The third kappa shape index (κ3) is 4.86. The predicted molar refractivity (Wildman–Crippen MR) is 132 cm³/mol. The molecule has 1 saturated carbocycles. The van der Waals surface area contributed by atoms with Crippen molar-refractivity contribution < 1.29 is 8.42 Å². The molecule has 1 atom stereocenters. The first-order valence-electron chi connectivity index (χ1n) is 12.2. The molecular formula is C25H32N6O2S. The number of tetrazole rings is 1. The smallest absolute Gasteiger partial charge is 0.240 e. The first kappa shape index (κ1) is 23.0. The highest BCUT2D eigenvalue weighted by atomic mass is 32.2. The van der Waals surface area contributed by atoms with Gasteiger partial charge in [0.05, 0.1) is 10.9 Å². The Morgan fingerprint density at radius 3 is 2.59 bits per heavy atom. The highest BCUT2D eigenvalue weighted by Gasteiger charge is 2.27. The molecule has 8 nitrogen and oxygen atoms in total. The van der Waals surface area contributed by atoms with Crippen molar-refractivity contribution in [2.45, 2.75) is 55.9 Å². The zero-order valence-corrected chi connectivity index (χ0v) is 20.4. The highest BCUT2D eigenvalue weighted by Crippen LogP contribution is 2.32. The van der Waals surface area contributed by atoms with Crippen LogP contribution in [0.5, 0.6) is 0 Å². The second kappa shape index (κ2) is 9.84. The van der Waals surface area contributed by atoms with Gasteiger partial charge in [-0.05, 0) is 60.8 Å². The SMILES string of the molecule is CNS(=O)(=O)c1ccc(CC2CCCCC2)c(-c2nnn(C3CCN(c4ccccc4)C3)n2)c1. The van der Waals surface area contributed by atoms with Crippen LogP contribution in [0.1, 0.15) is 50.1 Å². The molecule has 9 heteroatoms. The van der Waals surface area contributed by atoms with Gasteiger partial charge in [0.1, 0.15) is 0 Å². The van der Waals surface area contributed by atoms with Crippen molar-refractivity contribution in [3.63, 3.8) is 0 Å². The zero-order valence-electron chi connectivity index (χ0n) is 19.6. The molecule has 1 aliphatic heterocycles. The number of nitrogens with zero attached hydrogens (tertiary/aromatic N) is 5. The van der Waals surface area contributed by atoms with Crippen LogP contribution in [0, 0.1) is 5.92 Å². The van der Waals surface area contributed by atoms with Crippen LogP contribution in [-0.4, -0.2) is 48.8 Å². The topological polar surface area (TPSA) is 93.0 Å². The van der Waals surface area contributed by atoms with Crippen molar-refractivity contribution in [3.8, 4) is 11.4 Å². The van der Waals surface area contributed by atoms with E-state index < -0.39 is 10.0 Å². The molecule has 0 bridgehead atoms. The minimum Gasteiger partial charge on any atom is -0.369 e. The quantitative estimate of drug-likeness (QED) is 0.553. The summed E-state index contributed by atoms with van der Waals surface area (Å²) in [7, 11) is -2.14. The van der Waals surface area contributed by atoms with Gasteiger partial charge in [-0.2, -0.15) is 4.80 Å². The third-order valence-electron chi connectivity index (χ3n) is 7.17.